The van der Waals surface area contributed by atoms with Gasteiger partial charge in [0, 0.05) is 30.9 Å². The Bertz CT molecular complexity index is 1580. The molecule has 2 aliphatic heterocycles. The summed E-state index contributed by atoms with van der Waals surface area (Å²) in [4.78, 5) is 15.4. The number of sulfone groups is 1. The summed E-state index contributed by atoms with van der Waals surface area (Å²) in [5, 5.41) is 12.8. The predicted octanol–water partition coefficient (Wildman–Crippen LogP) is 5.18. The summed E-state index contributed by atoms with van der Waals surface area (Å²) < 4.78 is 81.1. The van der Waals surface area contributed by atoms with Gasteiger partial charge >= 0.3 is 6.18 Å². The number of aliphatic hydroxyl groups excluding tert-OH is 1. The van der Waals surface area contributed by atoms with Crippen molar-refractivity contribution in [3.8, 4) is 5.75 Å². The van der Waals surface area contributed by atoms with Gasteiger partial charge in [0.05, 0.1) is 54.2 Å². The first-order valence-electron chi connectivity index (χ1n) is 15.6. The van der Waals surface area contributed by atoms with Crippen molar-refractivity contribution in [2.24, 2.45) is 0 Å². The van der Waals surface area contributed by atoms with Gasteiger partial charge in [0.2, 0.25) is 0 Å². The highest BCUT2D eigenvalue weighted by Crippen LogP contribution is 2.33. The Morgan fingerprint density at radius 2 is 1.66 bits per heavy atom. The number of carbonyl (C=O) groups excluding carboxylic acids is 1. The fourth-order valence-corrected chi connectivity index (χ4v) is 6.68. The highest BCUT2D eigenvalue weighted by molar-refractivity contribution is 7.91. The van der Waals surface area contributed by atoms with Gasteiger partial charge in [-0.05, 0) is 79.1 Å². The average Bonchev–Trinajstić information content (AvgIpc) is 3.48. The monoisotopic (exact) mass is 676 g/mol. The van der Waals surface area contributed by atoms with Crippen LogP contribution >= 0.6 is 0 Å². The van der Waals surface area contributed by atoms with Gasteiger partial charge in [-0.15, -0.1) is 0 Å². The second-order valence-electron chi connectivity index (χ2n) is 11.7. The number of nitrogens with zero attached hydrogens (tertiary/aromatic N) is 1. The van der Waals surface area contributed by atoms with Crippen molar-refractivity contribution in [3.05, 3.63) is 89.5 Å². The summed E-state index contributed by atoms with van der Waals surface area (Å²) in [5.74, 6) is -0.0949. The van der Waals surface area contributed by atoms with Gasteiger partial charge in [-0.1, -0.05) is 19.1 Å². The molecule has 0 aliphatic carbocycles. The van der Waals surface area contributed by atoms with Crippen LogP contribution in [0.15, 0.2) is 77.7 Å². The third-order valence-corrected chi connectivity index (χ3v) is 10.3. The van der Waals surface area contributed by atoms with Gasteiger partial charge in [-0.25, -0.2) is 8.42 Å². The number of amides is 1. The lowest BCUT2D eigenvalue weighted by Gasteiger charge is -2.29. The number of anilines is 1. The summed E-state index contributed by atoms with van der Waals surface area (Å²) in [7, 11) is -3.38. The Labute approximate surface area is 272 Å². The first-order valence-corrected chi connectivity index (χ1v) is 17.3. The Kier molecular flexibility index (Phi) is 11.1. The van der Waals surface area contributed by atoms with Crippen LogP contribution in [-0.4, -0.2) is 76.4 Å². The molecular formula is C34H39F3N2O7S. The fraction of sp³-hybridized carbons (Fsp3) is 0.441. The van der Waals surface area contributed by atoms with Crippen molar-refractivity contribution < 1.29 is 45.7 Å². The van der Waals surface area contributed by atoms with Crippen molar-refractivity contribution in [1.82, 2.24) is 5.32 Å². The van der Waals surface area contributed by atoms with Gasteiger partial charge in [0.1, 0.15) is 11.9 Å². The second kappa shape index (κ2) is 15.1. The molecule has 3 aromatic carbocycles. The number of aliphatic hydroxyl groups is 1. The third-order valence-electron chi connectivity index (χ3n) is 8.52. The van der Waals surface area contributed by atoms with Crippen molar-refractivity contribution in [1.29, 1.82) is 0 Å². The van der Waals surface area contributed by atoms with Gasteiger partial charge < -0.3 is 29.5 Å². The number of alkyl halides is 3. The van der Waals surface area contributed by atoms with Crippen molar-refractivity contribution in [3.63, 3.8) is 0 Å². The lowest BCUT2D eigenvalue weighted by atomic mass is 10.1. The average molecular weight is 677 g/mol. The molecule has 1 amide bonds. The number of carbonyl (C=O) groups is 1. The lowest BCUT2D eigenvalue weighted by molar-refractivity contribution is -0.137. The second-order valence-corrected chi connectivity index (χ2v) is 14.0. The van der Waals surface area contributed by atoms with E-state index in [-0.39, 0.29) is 35.5 Å². The minimum atomic E-state index is -4.43. The standard InChI is InChI=1S/C34H39F3N2O7S/c1-2-47(42,43)31-13-5-23(6-14-31)32(21-40)38-33(41)24-3-9-26(10-4-24)39-20-30(19-27(39)22-45-28-15-17-44-18-16-28)46-29-11-7-25(8-12-29)34(35,36)37/h3-14,27-28,30,32,40H,2,15-22H2,1H3,(H,38,41)/t27-,30+,32?/m0/s1. The van der Waals surface area contributed by atoms with E-state index < -0.39 is 33.5 Å². The van der Waals surface area contributed by atoms with E-state index in [0.29, 0.717) is 49.7 Å². The minimum absolute atomic E-state index is 0.0313. The van der Waals surface area contributed by atoms with E-state index in [1.165, 1.54) is 24.3 Å². The molecule has 2 fully saturated rings. The number of ether oxygens (including phenoxy) is 3. The smallest absolute Gasteiger partial charge is 0.416 e. The lowest BCUT2D eigenvalue weighted by Crippen LogP contribution is -2.36. The van der Waals surface area contributed by atoms with E-state index in [1.54, 1.807) is 31.2 Å². The molecule has 2 heterocycles. The summed E-state index contributed by atoms with van der Waals surface area (Å²) in [6.45, 7) is 3.36. The maximum absolute atomic E-state index is 13.1. The maximum Gasteiger partial charge on any atom is 0.416 e. The van der Waals surface area contributed by atoms with Crippen LogP contribution in [0.25, 0.3) is 0 Å². The molecule has 13 heteroatoms. The van der Waals surface area contributed by atoms with E-state index in [4.69, 9.17) is 14.2 Å². The van der Waals surface area contributed by atoms with Gasteiger partial charge in [-0.3, -0.25) is 4.79 Å². The quantitative estimate of drug-likeness (QED) is 0.270. The Morgan fingerprint density at radius 1 is 1.00 bits per heavy atom. The molecule has 5 rings (SSSR count). The zero-order chi connectivity index (χ0) is 33.6. The van der Waals surface area contributed by atoms with Crippen LogP contribution in [0.1, 0.15) is 53.7 Å². The zero-order valence-electron chi connectivity index (χ0n) is 26.0. The molecule has 9 nitrogen and oxygen atoms in total. The maximum atomic E-state index is 13.1. The Balaban J connectivity index is 1.26. The number of halogens is 3. The fourth-order valence-electron chi connectivity index (χ4n) is 5.79. The molecule has 47 heavy (non-hydrogen) atoms. The summed E-state index contributed by atoms with van der Waals surface area (Å²) in [6.07, 6.45) is -2.45. The molecule has 0 saturated carbocycles. The van der Waals surface area contributed by atoms with E-state index in [0.717, 1.165) is 30.7 Å². The highest BCUT2D eigenvalue weighted by Gasteiger charge is 2.35. The van der Waals surface area contributed by atoms with Crippen LogP contribution in [0.5, 0.6) is 5.75 Å². The number of hydrogen-bond donors (Lipinski definition) is 2. The molecule has 2 saturated heterocycles. The molecule has 1 unspecified atom stereocenters. The molecule has 254 valence electrons. The highest BCUT2D eigenvalue weighted by atomic mass is 32.2. The first kappa shape index (κ1) is 34.7. The first-order chi connectivity index (χ1) is 22.5. The number of hydrogen-bond acceptors (Lipinski definition) is 8. The molecule has 0 radical (unpaired) electrons. The molecular weight excluding hydrogens is 637 g/mol. The van der Waals surface area contributed by atoms with Crippen molar-refractivity contribution in [2.75, 3.05) is 43.6 Å². The predicted molar refractivity (Wildman–Crippen MR) is 169 cm³/mol. The third kappa shape index (κ3) is 8.83. The zero-order valence-corrected chi connectivity index (χ0v) is 26.8. The molecule has 0 aromatic heterocycles. The number of nitrogens with one attached hydrogen (secondary N) is 1. The van der Waals surface area contributed by atoms with Crippen molar-refractivity contribution >= 4 is 21.4 Å². The summed E-state index contributed by atoms with van der Waals surface area (Å²) in [6, 6.07) is 16.9. The topological polar surface area (TPSA) is 114 Å². The van der Waals surface area contributed by atoms with Crippen LogP contribution in [0.2, 0.25) is 0 Å². The van der Waals surface area contributed by atoms with E-state index in [1.807, 2.05) is 12.1 Å². The van der Waals surface area contributed by atoms with Crippen LogP contribution in [0.4, 0.5) is 18.9 Å². The summed E-state index contributed by atoms with van der Waals surface area (Å²) in [5.41, 5.74) is 1.02. The minimum Gasteiger partial charge on any atom is -0.489 e. The molecule has 3 aromatic rings. The SMILES string of the molecule is CCS(=O)(=O)c1ccc(C(CO)NC(=O)c2ccc(N3C[C@H](Oc4ccc(C(F)(F)F)cc4)C[C@H]3COC3CCOCC3)cc2)cc1. The molecule has 0 spiro atoms. The van der Waals surface area contributed by atoms with Crippen molar-refractivity contribution in [2.45, 2.75) is 61.5 Å². The van der Waals surface area contributed by atoms with E-state index in [9.17, 15) is 31.5 Å². The van der Waals surface area contributed by atoms with Gasteiger partial charge in [-0.2, -0.15) is 13.2 Å². The van der Waals surface area contributed by atoms with Crippen LogP contribution in [0.3, 0.4) is 0 Å². The van der Waals surface area contributed by atoms with E-state index >= 15 is 0 Å². The van der Waals surface area contributed by atoms with Crippen LogP contribution in [-0.2, 0) is 25.5 Å². The molecule has 2 aliphatic rings. The number of rotatable bonds is 12. The largest absolute Gasteiger partial charge is 0.489 e. The Hall–Kier alpha value is -3.65. The van der Waals surface area contributed by atoms with Gasteiger partial charge in [0.15, 0.2) is 9.84 Å². The molecule has 2 N–H and O–H groups in total. The van der Waals surface area contributed by atoms with Crippen LogP contribution in [0, 0.1) is 0 Å². The van der Waals surface area contributed by atoms with Gasteiger partial charge in [0.25, 0.3) is 5.91 Å². The molecule has 0 bridgehead atoms. The Morgan fingerprint density at radius 3 is 2.26 bits per heavy atom. The van der Waals surface area contributed by atoms with E-state index in [2.05, 4.69) is 10.2 Å². The molecule has 3 atom stereocenters. The summed E-state index contributed by atoms with van der Waals surface area (Å²) >= 11 is 0. The normalized spacial score (nSPS) is 19.8. The number of benzene rings is 3. The van der Waals surface area contributed by atoms with Crippen LogP contribution < -0.4 is 15.0 Å².